The molecule has 0 aliphatic heterocycles. The van der Waals surface area contributed by atoms with E-state index in [1.807, 2.05) is 30.3 Å². The summed E-state index contributed by atoms with van der Waals surface area (Å²) in [5, 5.41) is 6.74. The Balaban J connectivity index is 1.08. The maximum Gasteiger partial charge on any atom is 0.164 e. The van der Waals surface area contributed by atoms with Crippen molar-refractivity contribution in [3.63, 3.8) is 0 Å². The van der Waals surface area contributed by atoms with Gasteiger partial charge in [0.2, 0.25) is 0 Å². The first-order valence-electron chi connectivity index (χ1n) is 19.7. The Morgan fingerprint density at radius 2 is 0.965 bits per heavy atom. The molecule has 10 aromatic rings. The van der Waals surface area contributed by atoms with Gasteiger partial charge in [-0.1, -0.05) is 173 Å². The molecule has 57 heavy (non-hydrogen) atoms. The summed E-state index contributed by atoms with van der Waals surface area (Å²) in [6.07, 6.45) is 0. The molecule has 4 nitrogen and oxygen atoms in total. The number of fused-ring (bicyclic) bond motifs is 10. The van der Waals surface area contributed by atoms with Crippen LogP contribution < -0.4 is 0 Å². The molecule has 0 bridgehead atoms. The first-order valence-corrected chi connectivity index (χ1v) is 19.7. The first kappa shape index (κ1) is 33.4. The number of furan rings is 1. The Hall–Kier alpha value is -6.91. The van der Waals surface area contributed by atoms with Crippen LogP contribution in [0.1, 0.15) is 38.8 Å². The van der Waals surface area contributed by atoms with E-state index in [9.17, 15) is 0 Å². The summed E-state index contributed by atoms with van der Waals surface area (Å²) in [5.41, 5.74) is 12.1. The van der Waals surface area contributed by atoms with E-state index in [0.29, 0.717) is 17.5 Å². The molecule has 1 aliphatic rings. The fraction of sp³-hybridized carbons (Fsp3) is 0.113. The number of benzene rings is 8. The predicted octanol–water partition coefficient (Wildman–Crippen LogP) is 14.0. The van der Waals surface area contributed by atoms with Gasteiger partial charge < -0.3 is 4.42 Å². The zero-order valence-corrected chi connectivity index (χ0v) is 32.3. The summed E-state index contributed by atoms with van der Waals surface area (Å²) in [7, 11) is 0. The van der Waals surface area contributed by atoms with Gasteiger partial charge in [0.05, 0.1) is 0 Å². The number of para-hydroxylation sites is 1. The van der Waals surface area contributed by atoms with Crippen molar-refractivity contribution in [1.82, 2.24) is 15.0 Å². The zero-order valence-electron chi connectivity index (χ0n) is 32.3. The van der Waals surface area contributed by atoms with Crippen LogP contribution in [0.3, 0.4) is 0 Å². The molecule has 0 spiro atoms. The van der Waals surface area contributed by atoms with Gasteiger partial charge >= 0.3 is 0 Å². The molecular weight excluding hydrogens is 695 g/mol. The predicted molar refractivity (Wildman–Crippen MR) is 235 cm³/mol. The standard InChI is InChI=1S/C53H39N3O/c1-52(2)43-20-12-10-18-38(43)41-30-36(27-29-44(41)53(52,3)4)32-22-24-35(25-23-32)50-54-49(34-15-6-5-7-16-34)55-51(56-50)42-31-46-48(40-19-11-13-21-45(40)57-46)47-37-17-9-8-14-33(37)26-28-39(42)47/h5-31H,1-4H3. The molecule has 272 valence electrons. The quantitative estimate of drug-likeness (QED) is 0.169. The fourth-order valence-corrected chi connectivity index (χ4v) is 9.16. The Bertz CT molecular complexity index is 3230. The van der Waals surface area contributed by atoms with Gasteiger partial charge in [0.1, 0.15) is 11.2 Å². The van der Waals surface area contributed by atoms with Crippen molar-refractivity contribution in [2.75, 3.05) is 0 Å². The minimum absolute atomic E-state index is 0.000350. The third-order valence-corrected chi connectivity index (χ3v) is 12.9. The second-order valence-electron chi connectivity index (χ2n) is 16.4. The van der Waals surface area contributed by atoms with Crippen LogP contribution in [-0.4, -0.2) is 15.0 Å². The molecule has 1 aliphatic carbocycles. The second-order valence-corrected chi connectivity index (χ2v) is 16.4. The van der Waals surface area contributed by atoms with Crippen LogP contribution >= 0.6 is 0 Å². The second kappa shape index (κ2) is 12.3. The Morgan fingerprint density at radius 3 is 1.75 bits per heavy atom. The molecule has 0 N–H and O–H groups in total. The van der Waals surface area contributed by atoms with Crippen molar-refractivity contribution in [3.05, 3.63) is 175 Å². The molecule has 0 saturated carbocycles. The Kier molecular flexibility index (Phi) is 7.21. The van der Waals surface area contributed by atoms with Gasteiger partial charge in [-0.25, -0.2) is 15.0 Å². The highest BCUT2D eigenvalue weighted by molar-refractivity contribution is 6.29. The third-order valence-electron chi connectivity index (χ3n) is 12.9. The Labute approximate surface area is 331 Å². The van der Waals surface area contributed by atoms with E-state index in [-0.39, 0.29) is 10.8 Å². The summed E-state index contributed by atoms with van der Waals surface area (Å²) in [6, 6.07) is 58.0. The summed E-state index contributed by atoms with van der Waals surface area (Å²) in [4.78, 5) is 15.5. The van der Waals surface area contributed by atoms with Crippen molar-refractivity contribution >= 4 is 43.5 Å². The lowest BCUT2D eigenvalue weighted by Gasteiger charge is -2.48. The van der Waals surface area contributed by atoms with Crippen LogP contribution in [0, 0.1) is 0 Å². The minimum Gasteiger partial charge on any atom is -0.456 e. The van der Waals surface area contributed by atoms with Crippen molar-refractivity contribution in [1.29, 1.82) is 0 Å². The van der Waals surface area contributed by atoms with E-state index < -0.39 is 0 Å². The smallest absolute Gasteiger partial charge is 0.164 e. The molecular formula is C53H39N3O. The molecule has 11 rings (SSSR count). The molecule has 0 atom stereocenters. The maximum atomic E-state index is 6.56. The molecule has 2 aromatic heterocycles. The minimum atomic E-state index is -0.0285. The average Bonchev–Trinajstić information content (AvgIpc) is 3.64. The van der Waals surface area contributed by atoms with Gasteiger partial charge in [0, 0.05) is 32.8 Å². The van der Waals surface area contributed by atoms with Crippen LogP contribution in [0.25, 0.3) is 99.9 Å². The summed E-state index contributed by atoms with van der Waals surface area (Å²) in [5.74, 6) is 1.84. The number of rotatable bonds is 4. The van der Waals surface area contributed by atoms with Crippen LogP contribution in [0.2, 0.25) is 0 Å². The van der Waals surface area contributed by atoms with Gasteiger partial charge in [-0.2, -0.15) is 0 Å². The molecule has 0 unspecified atom stereocenters. The van der Waals surface area contributed by atoms with E-state index in [1.54, 1.807) is 0 Å². The number of nitrogens with zero attached hydrogens (tertiary/aromatic N) is 3. The summed E-state index contributed by atoms with van der Waals surface area (Å²) in [6.45, 7) is 9.50. The molecule has 0 amide bonds. The highest BCUT2D eigenvalue weighted by Crippen LogP contribution is 2.54. The monoisotopic (exact) mass is 733 g/mol. The number of hydrogen-bond donors (Lipinski definition) is 0. The average molecular weight is 734 g/mol. The van der Waals surface area contributed by atoms with Crippen LogP contribution in [-0.2, 0) is 10.8 Å². The topological polar surface area (TPSA) is 51.8 Å². The normalized spacial score (nSPS) is 14.2. The van der Waals surface area contributed by atoms with Crippen LogP contribution in [0.5, 0.6) is 0 Å². The van der Waals surface area contributed by atoms with Crippen molar-refractivity contribution < 1.29 is 4.42 Å². The fourth-order valence-electron chi connectivity index (χ4n) is 9.16. The van der Waals surface area contributed by atoms with Gasteiger partial charge in [-0.3, -0.25) is 0 Å². The van der Waals surface area contributed by atoms with Crippen molar-refractivity contribution in [2.45, 2.75) is 38.5 Å². The van der Waals surface area contributed by atoms with Crippen LogP contribution in [0.15, 0.2) is 168 Å². The van der Waals surface area contributed by atoms with Crippen molar-refractivity contribution in [2.24, 2.45) is 0 Å². The first-order chi connectivity index (χ1) is 27.8. The maximum absolute atomic E-state index is 6.56. The summed E-state index contributed by atoms with van der Waals surface area (Å²) < 4.78 is 6.56. The highest BCUT2D eigenvalue weighted by atomic mass is 16.3. The molecule has 0 saturated heterocycles. The molecule has 2 heterocycles. The van der Waals surface area contributed by atoms with Gasteiger partial charge in [0.25, 0.3) is 0 Å². The van der Waals surface area contributed by atoms with E-state index in [0.717, 1.165) is 55.0 Å². The van der Waals surface area contributed by atoms with Gasteiger partial charge in [-0.05, 0) is 78.6 Å². The Morgan fingerprint density at radius 1 is 0.368 bits per heavy atom. The zero-order chi connectivity index (χ0) is 38.5. The molecule has 4 heteroatoms. The lowest BCUT2D eigenvalue weighted by molar-refractivity contribution is 0.299. The van der Waals surface area contributed by atoms with E-state index in [1.165, 1.54) is 38.6 Å². The molecule has 0 radical (unpaired) electrons. The molecule has 8 aromatic carbocycles. The third kappa shape index (κ3) is 5.03. The van der Waals surface area contributed by atoms with E-state index >= 15 is 0 Å². The molecule has 0 fully saturated rings. The van der Waals surface area contributed by atoms with Gasteiger partial charge in [-0.15, -0.1) is 0 Å². The van der Waals surface area contributed by atoms with Gasteiger partial charge in [0.15, 0.2) is 17.5 Å². The number of aromatic nitrogens is 3. The van der Waals surface area contributed by atoms with Crippen molar-refractivity contribution in [3.8, 4) is 56.4 Å². The highest BCUT2D eigenvalue weighted by Gasteiger charge is 2.45. The van der Waals surface area contributed by atoms with E-state index in [2.05, 4.69) is 161 Å². The lowest BCUT2D eigenvalue weighted by atomic mass is 9.55. The SMILES string of the molecule is CC1(C)c2ccccc2-c2cc(-c3ccc(-c4nc(-c5ccccc5)nc(-c5cc6oc7ccccc7c6c6c5ccc5ccccc56)n4)cc3)ccc2C1(C)C. The number of hydrogen-bond acceptors (Lipinski definition) is 4. The largest absolute Gasteiger partial charge is 0.456 e. The van der Waals surface area contributed by atoms with Crippen LogP contribution in [0.4, 0.5) is 0 Å². The lowest BCUT2D eigenvalue weighted by Crippen LogP contribution is -2.43. The van der Waals surface area contributed by atoms with E-state index in [4.69, 9.17) is 19.4 Å². The summed E-state index contributed by atoms with van der Waals surface area (Å²) >= 11 is 0.